The molecule has 1 heterocycles. The first-order valence-electron chi connectivity index (χ1n) is 4.40. The molecule has 0 N–H and O–H groups in total. The summed E-state index contributed by atoms with van der Waals surface area (Å²) in [4.78, 5) is 0. The molecule has 1 rings (SSSR count). The van der Waals surface area contributed by atoms with Gasteiger partial charge in [0, 0.05) is 5.33 Å². The second-order valence-corrected chi connectivity index (χ2v) is 3.86. The van der Waals surface area contributed by atoms with Crippen molar-refractivity contribution in [1.29, 1.82) is 0 Å². The summed E-state index contributed by atoms with van der Waals surface area (Å²) in [6, 6.07) is 0. The summed E-state index contributed by atoms with van der Waals surface area (Å²) in [5.74, 6) is 0. The Kier molecular flexibility index (Phi) is 7.66. The zero-order valence-electron chi connectivity index (χ0n) is 7.92. The van der Waals surface area contributed by atoms with Crippen LogP contribution in [0.5, 0.6) is 0 Å². The maximum absolute atomic E-state index is 3.43. The van der Waals surface area contributed by atoms with Crippen molar-refractivity contribution in [1.82, 2.24) is 4.57 Å². The first-order chi connectivity index (χ1) is 5.83. The standard InChI is InChI=1S/C9H16BrN2.BrH/c1-11-7-8-12(9-11)6-4-2-3-5-10;/h7-9H,2-6H2,1H3;1H/q+1;/p-1. The van der Waals surface area contributed by atoms with E-state index >= 15 is 0 Å². The Hall–Kier alpha value is 0.170. The van der Waals surface area contributed by atoms with Gasteiger partial charge in [-0.2, -0.15) is 0 Å². The number of imidazole rings is 1. The molecule has 1 aromatic heterocycles. The molecule has 1 aromatic rings. The number of aromatic nitrogens is 2. The highest BCUT2D eigenvalue weighted by Gasteiger charge is 1.98. The lowest BCUT2D eigenvalue weighted by molar-refractivity contribution is -0.671. The van der Waals surface area contributed by atoms with Gasteiger partial charge in [-0.3, -0.25) is 0 Å². The number of unbranched alkanes of at least 4 members (excludes halogenated alkanes) is 2. The molecule has 0 aliphatic carbocycles. The fraction of sp³-hybridized carbons (Fsp3) is 0.667. The van der Waals surface area contributed by atoms with Gasteiger partial charge in [0.25, 0.3) is 0 Å². The third kappa shape index (κ3) is 5.47. The Morgan fingerprint density at radius 1 is 1.31 bits per heavy atom. The predicted octanol–water partition coefficient (Wildman–Crippen LogP) is -1.12. The monoisotopic (exact) mass is 310 g/mol. The van der Waals surface area contributed by atoms with E-state index in [0.29, 0.717) is 0 Å². The molecule has 0 radical (unpaired) electrons. The molecule has 0 amide bonds. The summed E-state index contributed by atoms with van der Waals surface area (Å²) in [6.45, 7) is 1.15. The quantitative estimate of drug-likeness (QED) is 0.370. The molecule has 13 heavy (non-hydrogen) atoms. The number of hydrogen-bond donors (Lipinski definition) is 0. The topological polar surface area (TPSA) is 8.81 Å². The van der Waals surface area contributed by atoms with Crippen LogP contribution in [0, 0.1) is 0 Å². The van der Waals surface area contributed by atoms with E-state index in [0.717, 1.165) is 11.9 Å². The maximum Gasteiger partial charge on any atom is 0.243 e. The van der Waals surface area contributed by atoms with E-state index in [-0.39, 0.29) is 17.0 Å². The van der Waals surface area contributed by atoms with E-state index in [1.807, 2.05) is 0 Å². The van der Waals surface area contributed by atoms with Crippen molar-refractivity contribution in [2.24, 2.45) is 7.05 Å². The Bertz CT molecular complexity index is 223. The van der Waals surface area contributed by atoms with Crippen LogP contribution >= 0.6 is 15.9 Å². The highest BCUT2D eigenvalue weighted by atomic mass is 79.9. The molecule has 0 bridgehead atoms. The molecular weight excluding hydrogens is 296 g/mol. The minimum Gasteiger partial charge on any atom is -1.00 e. The molecule has 0 unspecified atom stereocenters. The third-order valence-electron chi connectivity index (χ3n) is 1.87. The Morgan fingerprint density at radius 2 is 2.08 bits per heavy atom. The molecule has 4 heteroatoms. The normalized spacial score (nSPS) is 9.69. The zero-order valence-corrected chi connectivity index (χ0v) is 11.1. The molecule has 0 atom stereocenters. The lowest BCUT2D eigenvalue weighted by Gasteiger charge is -1.94. The molecule has 0 spiro atoms. The highest BCUT2D eigenvalue weighted by Crippen LogP contribution is 2.00. The van der Waals surface area contributed by atoms with Crippen molar-refractivity contribution < 1.29 is 21.5 Å². The summed E-state index contributed by atoms with van der Waals surface area (Å²) in [5.41, 5.74) is 0. The smallest absolute Gasteiger partial charge is 0.243 e. The van der Waals surface area contributed by atoms with Gasteiger partial charge in [-0.05, 0) is 19.3 Å². The lowest BCUT2D eigenvalue weighted by Crippen LogP contribution is -3.00. The van der Waals surface area contributed by atoms with Crippen LogP contribution in [0.1, 0.15) is 19.3 Å². The second-order valence-electron chi connectivity index (χ2n) is 3.07. The van der Waals surface area contributed by atoms with Crippen LogP contribution in [0.4, 0.5) is 0 Å². The van der Waals surface area contributed by atoms with Crippen molar-refractivity contribution in [3.8, 4) is 0 Å². The van der Waals surface area contributed by atoms with Gasteiger partial charge in [0.15, 0.2) is 0 Å². The predicted molar refractivity (Wildman–Crippen MR) is 53.3 cm³/mol. The average molecular weight is 312 g/mol. The fourth-order valence-corrected chi connectivity index (χ4v) is 1.60. The molecule has 0 aliphatic rings. The van der Waals surface area contributed by atoms with Gasteiger partial charge in [0.2, 0.25) is 6.33 Å². The fourth-order valence-electron chi connectivity index (χ4n) is 1.20. The Labute approximate surface area is 98.9 Å². The summed E-state index contributed by atoms with van der Waals surface area (Å²) in [5, 5.41) is 1.13. The van der Waals surface area contributed by atoms with E-state index in [1.165, 1.54) is 19.3 Å². The van der Waals surface area contributed by atoms with Crippen molar-refractivity contribution in [2.45, 2.75) is 25.8 Å². The van der Waals surface area contributed by atoms with Crippen molar-refractivity contribution in [3.63, 3.8) is 0 Å². The second kappa shape index (κ2) is 7.56. The van der Waals surface area contributed by atoms with Crippen molar-refractivity contribution in [3.05, 3.63) is 18.7 Å². The van der Waals surface area contributed by atoms with E-state index in [9.17, 15) is 0 Å². The van der Waals surface area contributed by atoms with Gasteiger partial charge in [-0.25, -0.2) is 9.13 Å². The summed E-state index contributed by atoms with van der Waals surface area (Å²) >= 11 is 3.43. The van der Waals surface area contributed by atoms with Crippen LogP contribution in [0.15, 0.2) is 18.7 Å². The number of halogens is 2. The van der Waals surface area contributed by atoms with E-state index in [1.54, 1.807) is 0 Å². The number of nitrogens with zero attached hydrogens (tertiary/aromatic N) is 2. The molecule has 76 valence electrons. The molecule has 0 saturated heterocycles. The van der Waals surface area contributed by atoms with E-state index < -0.39 is 0 Å². The van der Waals surface area contributed by atoms with Crippen LogP contribution < -0.4 is 21.5 Å². The Morgan fingerprint density at radius 3 is 2.62 bits per heavy atom. The van der Waals surface area contributed by atoms with Crippen molar-refractivity contribution >= 4 is 15.9 Å². The number of aryl methyl sites for hydroxylation is 2. The zero-order chi connectivity index (χ0) is 8.81. The van der Waals surface area contributed by atoms with Gasteiger partial charge in [-0.15, -0.1) is 0 Å². The van der Waals surface area contributed by atoms with Crippen LogP contribution in [-0.4, -0.2) is 9.90 Å². The summed E-state index contributed by atoms with van der Waals surface area (Å²) < 4.78 is 4.30. The maximum atomic E-state index is 3.43. The van der Waals surface area contributed by atoms with Gasteiger partial charge >= 0.3 is 0 Å². The number of rotatable bonds is 5. The molecule has 0 fully saturated rings. The molecule has 0 saturated carbocycles. The highest BCUT2D eigenvalue weighted by molar-refractivity contribution is 9.09. The molecule has 0 aliphatic heterocycles. The largest absolute Gasteiger partial charge is 1.00 e. The minimum absolute atomic E-state index is 0. The Balaban J connectivity index is 0.00000144. The number of hydrogen-bond acceptors (Lipinski definition) is 0. The van der Waals surface area contributed by atoms with Gasteiger partial charge < -0.3 is 17.0 Å². The van der Waals surface area contributed by atoms with E-state index in [4.69, 9.17) is 0 Å². The van der Waals surface area contributed by atoms with Gasteiger partial charge in [0.1, 0.15) is 12.4 Å². The average Bonchev–Trinajstić information content (AvgIpc) is 2.45. The minimum atomic E-state index is 0. The first-order valence-corrected chi connectivity index (χ1v) is 5.52. The first kappa shape index (κ1) is 13.2. The summed E-state index contributed by atoms with van der Waals surface area (Å²) in [6.07, 6.45) is 10.2. The lowest BCUT2D eigenvalue weighted by atomic mass is 10.2. The van der Waals surface area contributed by atoms with Crippen LogP contribution in [-0.2, 0) is 13.6 Å². The number of alkyl halides is 1. The van der Waals surface area contributed by atoms with E-state index in [2.05, 4.69) is 50.8 Å². The third-order valence-corrected chi connectivity index (χ3v) is 2.43. The summed E-state index contributed by atoms with van der Waals surface area (Å²) in [7, 11) is 2.05. The van der Waals surface area contributed by atoms with Crippen LogP contribution in [0.2, 0.25) is 0 Å². The SMILES string of the molecule is C[n+]1ccn(CCCCCBr)c1.[Br-]. The molecule has 0 aromatic carbocycles. The molecule has 2 nitrogen and oxygen atoms in total. The van der Waals surface area contributed by atoms with Gasteiger partial charge in [0.05, 0.1) is 13.6 Å². The van der Waals surface area contributed by atoms with Crippen molar-refractivity contribution in [2.75, 3.05) is 5.33 Å². The van der Waals surface area contributed by atoms with Crippen LogP contribution in [0.3, 0.4) is 0 Å². The molecular formula is C9H16Br2N2. The van der Waals surface area contributed by atoms with Crippen LogP contribution in [0.25, 0.3) is 0 Å². The van der Waals surface area contributed by atoms with Gasteiger partial charge in [-0.1, -0.05) is 15.9 Å².